The average molecular weight is 643 g/mol. The Hall–Kier alpha value is -4.65. The standard InChI is InChI=1S/C33H42N2O11/c1-7-17(2)26-31(41)43-18(3)24(35-28(38)21-14-11-15-22(34)25(21)36)30(40)44-19(4)29(39)45-23(16-20-12-9-8-10-13-20)27(37)33(5,6)32(42)46-26/h8-15,17-19,23-24,26-27,36-37H,7,16,34H2,1-6H3,(H,35,38). The third-order valence-corrected chi connectivity index (χ3v) is 8.04. The highest BCUT2D eigenvalue weighted by atomic mass is 16.6. The number of carbonyl (C=O) groups excluding carboxylic acids is 5. The second-order valence-electron chi connectivity index (χ2n) is 12.0. The Labute approximate surface area is 267 Å². The Morgan fingerprint density at radius 2 is 1.59 bits per heavy atom. The maximum absolute atomic E-state index is 13.6. The van der Waals surface area contributed by atoms with Crippen molar-refractivity contribution < 1.29 is 53.1 Å². The molecule has 1 aliphatic rings. The van der Waals surface area contributed by atoms with Gasteiger partial charge in [0.25, 0.3) is 5.91 Å². The highest BCUT2D eigenvalue weighted by Gasteiger charge is 2.47. The van der Waals surface area contributed by atoms with Crippen molar-refractivity contribution in [1.29, 1.82) is 0 Å². The molecule has 0 bridgehead atoms. The molecule has 0 aromatic heterocycles. The van der Waals surface area contributed by atoms with Crippen molar-refractivity contribution >= 4 is 35.5 Å². The fraction of sp³-hybridized carbons (Fsp3) is 0.485. The SMILES string of the molecule is CCC(C)C1OC(=O)C(C)(C)C(O)C(Cc2ccccc2)OC(=O)C(C)OC(=O)C(NC(=O)c2cccc(N)c2O)C(C)OC1=O. The Bertz CT molecular complexity index is 1430. The van der Waals surface area contributed by atoms with E-state index >= 15 is 0 Å². The van der Waals surface area contributed by atoms with E-state index in [0.717, 1.165) is 0 Å². The quantitative estimate of drug-likeness (QED) is 0.155. The van der Waals surface area contributed by atoms with Gasteiger partial charge in [0.2, 0.25) is 6.10 Å². The van der Waals surface area contributed by atoms with Crippen molar-refractivity contribution in [1.82, 2.24) is 5.32 Å². The number of anilines is 1. The summed E-state index contributed by atoms with van der Waals surface area (Å²) in [6.45, 7) is 8.73. The van der Waals surface area contributed by atoms with Crippen molar-refractivity contribution in [3.05, 3.63) is 59.7 Å². The van der Waals surface area contributed by atoms with Gasteiger partial charge in [0.1, 0.15) is 18.3 Å². The summed E-state index contributed by atoms with van der Waals surface area (Å²) in [4.78, 5) is 66.9. The molecule has 46 heavy (non-hydrogen) atoms. The molecule has 3 rings (SSSR count). The van der Waals surface area contributed by atoms with Gasteiger partial charge in [-0.1, -0.05) is 50.2 Å². The molecule has 1 heterocycles. The number of rotatable bonds is 6. The van der Waals surface area contributed by atoms with Crippen LogP contribution in [-0.2, 0) is 44.5 Å². The number of benzene rings is 2. The third-order valence-electron chi connectivity index (χ3n) is 8.04. The lowest BCUT2D eigenvalue weighted by Gasteiger charge is -2.35. The number of ether oxygens (including phenoxy) is 4. The second kappa shape index (κ2) is 15.1. The van der Waals surface area contributed by atoms with Crippen LogP contribution in [0.3, 0.4) is 0 Å². The zero-order valence-corrected chi connectivity index (χ0v) is 26.7. The summed E-state index contributed by atoms with van der Waals surface area (Å²) < 4.78 is 22.2. The van der Waals surface area contributed by atoms with Gasteiger partial charge in [-0.2, -0.15) is 0 Å². The van der Waals surface area contributed by atoms with Crippen molar-refractivity contribution in [3.63, 3.8) is 0 Å². The molecule has 1 amide bonds. The van der Waals surface area contributed by atoms with E-state index in [0.29, 0.717) is 12.0 Å². The van der Waals surface area contributed by atoms with E-state index in [-0.39, 0.29) is 17.7 Å². The molecule has 0 spiro atoms. The van der Waals surface area contributed by atoms with Crippen LogP contribution in [0.15, 0.2) is 48.5 Å². The predicted octanol–water partition coefficient (Wildman–Crippen LogP) is 2.45. The fourth-order valence-electron chi connectivity index (χ4n) is 4.72. The van der Waals surface area contributed by atoms with Gasteiger partial charge in [-0.05, 0) is 51.8 Å². The van der Waals surface area contributed by atoms with Gasteiger partial charge in [-0.15, -0.1) is 0 Å². The number of nitrogens with two attached hydrogens (primary N) is 1. The van der Waals surface area contributed by atoms with E-state index in [1.54, 1.807) is 44.2 Å². The molecule has 2 aromatic carbocycles. The number of aliphatic hydroxyl groups excluding tert-OH is 1. The van der Waals surface area contributed by atoms with E-state index in [1.807, 2.05) is 0 Å². The number of hydrogen-bond acceptors (Lipinski definition) is 12. The molecule has 1 saturated heterocycles. The van der Waals surface area contributed by atoms with Gasteiger partial charge in [0.05, 0.1) is 16.7 Å². The minimum atomic E-state index is -1.70. The van der Waals surface area contributed by atoms with E-state index in [2.05, 4.69) is 5.32 Å². The summed E-state index contributed by atoms with van der Waals surface area (Å²) in [7, 11) is 0. The smallest absolute Gasteiger partial charge is 0.348 e. The number of para-hydroxylation sites is 1. The van der Waals surface area contributed by atoms with Gasteiger partial charge >= 0.3 is 23.9 Å². The molecule has 0 saturated carbocycles. The van der Waals surface area contributed by atoms with Gasteiger partial charge in [0.15, 0.2) is 17.9 Å². The maximum atomic E-state index is 13.6. The predicted molar refractivity (Wildman–Crippen MR) is 164 cm³/mol. The molecule has 5 N–H and O–H groups in total. The topological polar surface area (TPSA) is 201 Å². The first-order valence-corrected chi connectivity index (χ1v) is 15.0. The molecule has 250 valence electrons. The van der Waals surface area contributed by atoms with E-state index in [4.69, 9.17) is 24.7 Å². The number of cyclic esters (lactones) is 4. The molecular formula is C33H42N2O11. The van der Waals surface area contributed by atoms with Crippen molar-refractivity contribution in [3.8, 4) is 5.75 Å². The number of phenols is 1. The molecule has 1 aliphatic heterocycles. The molecule has 2 aromatic rings. The van der Waals surface area contributed by atoms with Crippen LogP contribution >= 0.6 is 0 Å². The van der Waals surface area contributed by atoms with Crippen LogP contribution in [0.2, 0.25) is 0 Å². The van der Waals surface area contributed by atoms with Crippen molar-refractivity contribution in [2.45, 2.75) is 90.9 Å². The van der Waals surface area contributed by atoms with Crippen LogP contribution in [0.1, 0.15) is 63.9 Å². The summed E-state index contributed by atoms with van der Waals surface area (Å²) >= 11 is 0. The van der Waals surface area contributed by atoms with Crippen LogP contribution in [0.5, 0.6) is 5.75 Å². The van der Waals surface area contributed by atoms with E-state index in [9.17, 15) is 34.2 Å². The normalized spacial score (nSPS) is 26.7. The lowest BCUT2D eigenvalue weighted by Crippen LogP contribution is -2.52. The fourth-order valence-corrected chi connectivity index (χ4v) is 4.72. The van der Waals surface area contributed by atoms with Gasteiger partial charge < -0.3 is 40.2 Å². The van der Waals surface area contributed by atoms with Crippen LogP contribution in [-0.4, -0.2) is 76.6 Å². The Kier molecular flexibility index (Phi) is 11.8. The van der Waals surface area contributed by atoms with Gasteiger partial charge in [0, 0.05) is 12.3 Å². The summed E-state index contributed by atoms with van der Waals surface area (Å²) in [5, 5.41) is 24.1. The average Bonchev–Trinajstić information content (AvgIpc) is 3.02. The largest absolute Gasteiger partial charge is 0.505 e. The Morgan fingerprint density at radius 3 is 2.22 bits per heavy atom. The van der Waals surface area contributed by atoms with Crippen LogP contribution < -0.4 is 11.1 Å². The van der Waals surface area contributed by atoms with Crippen LogP contribution in [0.4, 0.5) is 5.69 Å². The molecule has 1 fully saturated rings. The number of amides is 1. The number of carbonyl (C=O) groups is 5. The molecule has 13 heteroatoms. The number of phenolic OH excluding ortho intramolecular Hbond substituents is 1. The number of hydrogen-bond donors (Lipinski definition) is 4. The summed E-state index contributed by atoms with van der Waals surface area (Å²) in [6.07, 6.45) is -7.00. The minimum Gasteiger partial charge on any atom is -0.505 e. The first-order valence-electron chi connectivity index (χ1n) is 15.0. The monoisotopic (exact) mass is 642 g/mol. The molecular weight excluding hydrogens is 600 g/mol. The third kappa shape index (κ3) is 8.33. The second-order valence-corrected chi connectivity index (χ2v) is 12.0. The summed E-state index contributed by atoms with van der Waals surface area (Å²) in [6, 6.07) is 11.1. The van der Waals surface area contributed by atoms with Gasteiger partial charge in [-0.25, -0.2) is 14.4 Å². The zero-order valence-electron chi connectivity index (χ0n) is 26.7. The number of aliphatic hydroxyl groups is 1. The number of nitrogens with one attached hydrogen (secondary N) is 1. The first kappa shape index (κ1) is 35.8. The van der Waals surface area contributed by atoms with Crippen LogP contribution in [0.25, 0.3) is 0 Å². The number of nitrogen functional groups attached to an aromatic ring is 1. The summed E-state index contributed by atoms with van der Waals surface area (Å²) in [5.74, 6) is -6.25. The Balaban J connectivity index is 2.05. The highest BCUT2D eigenvalue weighted by molar-refractivity contribution is 6.00. The molecule has 7 unspecified atom stereocenters. The lowest BCUT2D eigenvalue weighted by molar-refractivity contribution is -0.190. The van der Waals surface area contributed by atoms with E-state index < -0.39 is 83.4 Å². The van der Waals surface area contributed by atoms with Crippen molar-refractivity contribution in [2.75, 3.05) is 5.73 Å². The maximum Gasteiger partial charge on any atom is 0.348 e. The number of esters is 4. The van der Waals surface area contributed by atoms with Crippen LogP contribution in [0, 0.1) is 11.3 Å². The molecule has 0 aliphatic carbocycles. The minimum absolute atomic E-state index is 0.0125. The van der Waals surface area contributed by atoms with E-state index in [1.165, 1.54) is 45.9 Å². The lowest BCUT2D eigenvalue weighted by atomic mass is 9.81. The molecule has 0 radical (unpaired) electrons. The highest BCUT2D eigenvalue weighted by Crippen LogP contribution is 2.31. The summed E-state index contributed by atoms with van der Waals surface area (Å²) in [5.41, 5.74) is 4.32. The number of aromatic hydroxyl groups is 1. The Morgan fingerprint density at radius 1 is 0.935 bits per heavy atom. The first-order chi connectivity index (χ1) is 21.6. The molecule has 13 nitrogen and oxygen atoms in total. The zero-order chi connectivity index (χ0) is 34.3. The van der Waals surface area contributed by atoms with Crippen molar-refractivity contribution in [2.24, 2.45) is 11.3 Å². The molecule has 7 atom stereocenters. The van der Waals surface area contributed by atoms with Gasteiger partial charge in [-0.3, -0.25) is 9.59 Å².